The molecular formula is C47H56BrN5O14. The number of nitrogens with one attached hydrogen (secondary N) is 4. The minimum atomic E-state index is -1.79. The number of benzene rings is 3. The van der Waals surface area contributed by atoms with Crippen molar-refractivity contribution in [3.63, 3.8) is 0 Å². The monoisotopic (exact) mass is 993 g/mol. The number of alkyl halides is 1. The van der Waals surface area contributed by atoms with Crippen molar-refractivity contribution in [2.24, 2.45) is 11.7 Å². The number of primary amides is 1. The Bertz CT molecular complexity index is 2280. The van der Waals surface area contributed by atoms with E-state index in [0.717, 1.165) is 48.6 Å². The highest BCUT2D eigenvalue weighted by molar-refractivity contribution is 9.08. The Labute approximate surface area is 395 Å². The van der Waals surface area contributed by atoms with Gasteiger partial charge in [-0.2, -0.15) is 0 Å². The van der Waals surface area contributed by atoms with Crippen LogP contribution in [0.3, 0.4) is 0 Å². The number of amides is 5. The fourth-order valence-electron chi connectivity index (χ4n) is 8.27. The minimum absolute atomic E-state index is 0.00247. The first kappa shape index (κ1) is 51.4. The van der Waals surface area contributed by atoms with Gasteiger partial charge in [0.25, 0.3) is 0 Å². The molecular weight excluding hydrogens is 938 g/mol. The summed E-state index contributed by atoms with van der Waals surface area (Å²) in [4.78, 5) is 101. The van der Waals surface area contributed by atoms with Crippen LogP contribution < -0.4 is 27.0 Å². The molecule has 1 aliphatic heterocycles. The number of halogens is 1. The van der Waals surface area contributed by atoms with Crippen LogP contribution in [0.5, 0.6) is 0 Å². The maximum atomic E-state index is 14.0. The molecule has 0 spiro atoms. The van der Waals surface area contributed by atoms with Crippen molar-refractivity contribution >= 4 is 69.4 Å². The molecule has 7 N–H and O–H groups in total. The first-order valence-electron chi connectivity index (χ1n) is 21.7. The molecule has 1 fully saturated rings. The number of carbonyl (C=O) groups is 8. The standard InChI is InChI=1S/C47H56BrN5O14/c1-24(2)38(53-47(62)63-23-35-33-13-8-6-11-31(33)32-12-7-9-14-34(32)35)44(58)52-36(15-10-20-50-46(49)61)43(57)51-30-18-16-29(22-48)28(21-30)17-19-37-39(64-25(3)54)40(65-26(4)55)41(66-27(5)56)42(67-37)45(59)60/h6-9,11-14,16,18,21,24,35-42H,10,15,17,19-20,22-23H2,1-5H3,(H,51,57)(H,52,58)(H,53,62)(H,59,60)(H3,49,50,61)/t36?,37-,38?,39-,40+,41-,42-/m0/s1. The number of esters is 3. The summed E-state index contributed by atoms with van der Waals surface area (Å²) >= 11 is 3.47. The summed E-state index contributed by atoms with van der Waals surface area (Å²) in [5.41, 5.74) is 11.1. The Morgan fingerprint density at radius 3 is 1.94 bits per heavy atom. The average Bonchev–Trinajstić information content (AvgIpc) is 3.59. The van der Waals surface area contributed by atoms with Gasteiger partial charge in [0.15, 0.2) is 24.4 Å². The van der Waals surface area contributed by atoms with Gasteiger partial charge in [-0.25, -0.2) is 14.4 Å². The third kappa shape index (κ3) is 13.8. The molecule has 1 heterocycles. The lowest BCUT2D eigenvalue weighted by atomic mass is 9.90. The van der Waals surface area contributed by atoms with Crippen LogP contribution in [-0.4, -0.2) is 109 Å². The Hall–Kier alpha value is -6.54. The van der Waals surface area contributed by atoms with Gasteiger partial charge in [-0.3, -0.25) is 24.0 Å². The summed E-state index contributed by atoms with van der Waals surface area (Å²) < 4.78 is 27.8. The highest BCUT2D eigenvalue weighted by Gasteiger charge is 2.54. The van der Waals surface area contributed by atoms with E-state index < -0.39 is 96.3 Å². The van der Waals surface area contributed by atoms with E-state index in [9.17, 15) is 43.5 Å². The summed E-state index contributed by atoms with van der Waals surface area (Å²) in [6.07, 6.45) is -7.88. The average molecular weight is 995 g/mol. The van der Waals surface area contributed by atoms with Crippen LogP contribution in [0.4, 0.5) is 15.3 Å². The van der Waals surface area contributed by atoms with E-state index in [0.29, 0.717) is 16.6 Å². The molecule has 7 atom stereocenters. The molecule has 2 aliphatic rings. The van der Waals surface area contributed by atoms with Crippen molar-refractivity contribution in [1.82, 2.24) is 16.0 Å². The van der Waals surface area contributed by atoms with E-state index >= 15 is 0 Å². The van der Waals surface area contributed by atoms with E-state index in [-0.39, 0.29) is 44.8 Å². The SMILES string of the molecule is CC(=O)O[C@@H]1[C@@H](OC(C)=O)[C@H](CCc2cc(NC(=O)C(CCCNC(N)=O)NC(=O)C(NC(=O)OCC3c4ccccc4-c4ccccc43)C(C)C)ccc2CBr)O[C@H](C(=O)O)[C@H]1OC(C)=O. The highest BCUT2D eigenvalue weighted by Crippen LogP contribution is 2.44. The van der Waals surface area contributed by atoms with Gasteiger partial charge in [0.2, 0.25) is 11.8 Å². The number of nitrogens with two attached hydrogens (primary N) is 1. The Morgan fingerprint density at radius 1 is 0.776 bits per heavy atom. The third-order valence-electron chi connectivity index (χ3n) is 11.3. The van der Waals surface area contributed by atoms with Crippen molar-refractivity contribution in [2.45, 2.75) is 114 Å². The number of rotatable bonds is 20. The zero-order chi connectivity index (χ0) is 48.9. The van der Waals surface area contributed by atoms with Gasteiger partial charge in [-0.1, -0.05) is 84.4 Å². The molecule has 2 unspecified atom stereocenters. The zero-order valence-electron chi connectivity index (χ0n) is 37.7. The predicted octanol–water partition coefficient (Wildman–Crippen LogP) is 4.60. The van der Waals surface area contributed by atoms with Crippen LogP contribution in [-0.2, 0) is 64.2 Å². The first-order valence-corrected chi connectivity index (χ1v) is 22.8. The molecule has 0 aromatic heterocycles. The second-order valence-corrected chi connectivity index (χ2v) is 17.0. The van der Waals surface area contributed by atoms with Crippen LogP contribution in [0.15, 0.2) is 66.7 Å². The molecule has 19 nitrogen and oxygen atoms in total. The Morgan fingerprint density at radius 2 is 1.37 bits per heavy atom. The topological polar surface area (TPSA) is 277 Å². The van der Waals surface area contributed by atoms with E-state index in [4.69, 9.17) is 29.4 Å². The van der Waals surface area contributed by atoms with Gasteiger partial charge >= 0.3 is 36.0 Å². The van der Waals surface area contributed by atoms with E-state index in [1.807, 2.05) is 48.5 Å². The molecule has 67 heavy (non-hydrogen) atoms. The van der Waals surface area contributed by atoms with E-state index in [2.05, 4.69) is 37.2 Å². The van der Waals surface area contributed by atoms with Crippen LogP contribution in [0.2, 0.25) is 0 Å². The minimum Gasteiger partial charge on any atom is -0.479 e. The number of urea groups is 1. The molecule has 5 rings (SSSR count). The maximum absolute atomic E-state index is 14.0. The quantitative estimate of drug-likeness (QED) is 0.0391. The van der Waals surface area contributed by atoms with Gasteiger partial charge in [-0.15, -0.1) is 0 Å². The summed E-state index contributed by atoms with van der Waals surface area (Å²) in [5, 5.41) is 21.2. The number of fused-ring (bicyclic) bond motifs is 3. The number of hydrogen-bond donors (Lipinski definition) is 6. The number of anilines is 1. The van der Waals surface area contributed by atoms with Crippen molar-refractivity contribution in [3.05, 3.63) is 89.0 Å². The number of alkyl carbamates (subject to hydrolysis) is 1. The molecule has 0 bridgehead atoms. The molecule has 1 aliphatic carbocycles. The second-order valence-electron chi connectivity index (χ2n) is 16.5. The van der Waals surface area contributed by atoms with Gasteiger partial charge in [0, 0.05) is 44.3 Å². The lowest BCUT2D eigenvalue weighted by molar-refractivity contribution is -0.248. The number of carbonyl (C=O) groups excluding carboxylic acids is 7. The van der Waals surface area contributed by atoms with Gasteiger partial charge in [0.1, 0.15) is 18.7 Å². The maximum Gasteiger partial charge on any atom is 0.407 e. The molecule has 0 radical (unpaired) electrons. The molecule has 3 aromatic carbocycles. The zero-order valence-corrected chi connectivity index (χ0v) is 39.3. The van der Waals surface area contributed by atoms with Crippen LogP contribution in [0.1, 0.15) is 82.1 Å². The van der Waals surface area contributed by atoms with Crippen molar-refractivity contribution < 1.29 is 67.1 Å². The Balaban J connectivity index is 1.30. The summed E-state index contributed by atoms with van der Waals surface area (Å²) in [5.74, 6) is -5.96. The fourth-order valence-corrected chi connectivity index (χ4v) is 8.82. The molecule has 3 aromatic rings. The number of aliphatic carboxylic acids is 1. The molecule has 0 saturated carbocycles. The van der Waals surface area contributed by atoms with Gasteiger partial charge in [-0.05, 0) is 77.1 Å². The number of carboxylic acids is 1. The number of ether oxygens (including phenoxy) is 5. The lowest BCUT2D eigenvalue weighted by Gasteiger charge is -2.43. The summed E-state index contributed by atoms with van der Waals surface area (Å²) in [7, 11) is 0. The van der Waals surface area contributed by atoms with Crippen LogP contribution in [0, 0.1) is 5.92 Å². The lowest BCUT2D eigenvalue weighted by Crippen LogP contribution is -2.63. The molecule has 5 amide bonds. The van der Waals surface area contributed by atoms with E-state index in [1.165, 1.54) is 0 Å². The van der Waals surface area contributed by atoms with Crippen molar-refractivity contribution in [2.75, 3.05) is 18.5 Å². The highest BCUT2D eigenvalue weighted by atomic mass is 79.9. The molecule has 360 valence electrons. The smallest absolute Gasteiger partial charge is 0.407 e. The van der Waals surface area contributed by atoms with Gasteiger partial charge < -0.3 is 55.8 Å². The fraction of sp³-hybridized carbons (Fsp3) is 0.447. The Kier molecular flexibility index (Phi) is 18.3. The normalized spacial score (nSPS) is 19.4. The predicted molar refractivity (Wildman–Crippen MR) is 245 cm³/mol. The number of aryl methyl sites for hydroxylation is 1. The van der Waals surface area contributed by atoms with Crippen molar-refractivity contribution in [1.29, 1.82) is 0 Å². The first-order chi connectivity index (χ1) is 31.9. The second kappa shape index (κ2) is 23.8. The number of carboxylic acid groups (broad SMARTS) is 1. The third-order valence-corrected chi connectivity index (χ3v) is 11.9. The largest absolute Gasteiger partial charge is 0.479 e. The summed E-state index contributed by atoms with van der Waals surface area (Å²) in [6, 6.07) is 17.8. The van der Waals surface area contributed by atoms with Crippen molar-refractivity contribution in [3.8, 4) is 11.1 Å². The van der Waals surface area contributed by atoms with Crippen LogP contribution >= 0.6 is 15.9 Å². The number of hydrogen-bond acceptors (Lipinski definition) is 13. The molecule has 1 saturated heterocycles. The van der Waals surface area contributed by atoms with Crippen LogP contribution in [0.25, 0.3) is 11.1 Å². The summed E-state index contributed by atoms with van der Waals surface area (Å²) in [6.45, 7) is 6.80. The molecule has 20 heteroatoms. The van der Waals surface area contributed by atoms with Gasteiger partial charge in [0.05, 0.1) is 6.10 Å². The van der Waals surface area contributed by atoms with E-state index in [1.54, 1.807) is 32.0 Å².